The largest absolute Gasteiger partial charge is 0.494 e. The van der Waals surface area contributed by atoms with E-state index >= 15 is 0 Å². The van der Waals surface area contributed by atoms with Gasteiger partial charge in [0.15, 0.2) is 5.58 Å². The van der Waals surface area contributed by atoms with Crippen molar-refractivity contribution in [1.82, 2.24) is 4.98 Å². The number of allylic oxidation sites excluding steroid dienone is 5. The molecule has 0 amide bonds. The Balaban J connectivity index is 1.90. The van der Waals surface area contributed by atoms with Crippen molar-refractivity contribution < 1.29 is 9.15 Å². The van der Waals surface area contributed by atoms with Gasteiger partial charge < -0.3 is 9.15 Å². The number of hydrogen-bond donors (Lipinski definition) is 0. The highest BCUT2D eigenvalue weighted by atomic mass is 16.5. The molecular weight excluding hydrogens is 444 g/mol. The summed E-state index contributed by atoms with van der Waals surface area (Å²) in [5.74, 6) is 1.34. The summed E-state index contributed by atoms with van der Waals surface area (Å²) in [6, 6.07) is 12.2. The molecule has 0 N–H and O–H groups in total. The molecule has 0 aliphatic heterocycles. The van der Waals surface area contributed by atoms with E-state index in [9.17, 15) is 0 Å². The Hall–Kier alpha value is -3.40. The zero-order chi connectivity index (χ0) is 26.5. The standard InChI is InChI=1S/C32H40N2O2/c1-10-23(14-13-22(4)32(7,8)12-3)30-34-27-18-16-25(20-29(27)36-30)24-15-17-26(28(19-24)35-9)33-21-31(5,6)11-2/h10,13-21H,4,11-12H2,1-3,5-9H3/b14-13-,23-10+,33-21?. The third-order valence-corrected chi connectivity index (χ3v) is 7.14. The molecule has 0 aliphatic carbocycles. The summed E-state index contributed by atoms with van der Waals surface area (Å²) in [6.07, 6.45) is 10.2. The van der Waals surface area contributed by atoms with E-state index in [4.69, 9.17) is 14.1 Å². The van der Waals surface area contributed by atoms with Gasteiger partial charge in [-0.1, -0.05) is 72.4 Å². The number of ether oxygens (including phenoxy) is 1. The molecule has 2 aromatic carbocycles. The number of nitrogens with zero attached hydrogens (tertiary/aromatic N) is 2. The van der Waals surface area contributed by atoms with Crippen LogP contribution in [0.4, 0.5) is 5.69 Å². The van der Waals surface area contributed by atoms with Crippen LogP contribution in [0.3, 0.4) is 0 Å². The van der Waals surface area contributed by atoms with Crippen molar-refractivity contribution in [3.8, 4) is 16.9 Å². The van der Waals surface area contributed by atoms with E-state index in [1.807, 2.05) is 49.6 Å². The molecule has 0 saturated carbocycles. The number of rotatable bonds is 10. The van der Waals surface area contributed by atoms with Crippen molar-refractivity contribution in [3.63, 3.8) is 0 Å². The Morgan fingerprint density at radius 1 is 1.03 bits per heavy atom. The normalized spacial score (nSPS) is 13.3. The fraction of sp³-hybridized carbons (Fsp3) is 0.375. The van der Waals surface area contributed by atoms with Crippen molar-refractivity contribution in [1.29, 1.82) is 0 Å². The maximum Gasteiger partial charge on any atom is 0.226 e. The average molecular weight is 485 g/mol. The van der Waals surface area contributed by atoms with Crippen LogP contribution in [-0.4, -0.2) is 18.3 Å². The lowest BCUT2D eigenvalue weighted by Gasteiger charge is -2.23. The second-order valence-corrected chi connectivity index (χ2v) is 10.5. The van der Waals surface area contributed by atoms with Crippen LogP contribution in [0.25, 0.3) is 27.8 Å². The van der Waals surface area contributed by atoms with E-state index in [0.29, 0.717) is 5.89 Å². The van der Waals surface area contributed by atoms with E-state index in [2.05, 4.69) is 71.3 Å². The topological polar surface area (TPSA) is 47.6 Å². The number of hydrogen-bond acceptors (Lipinski definition) is 4. The third kappa shape index (κ3) is 6.23. The lowest BCUT2D eigenvalue weighted by atomic mass is 9.82. The first-order valence-corrected chi connectivity index (χ1v) is 12.7. The monoisotopic (exact) mass is 484 g/mol. The Morgan fingerprint density at radius 3 is 2.36 bits per heavy atom. The zero-order valence-corrected chi connectivity index (χ0v) is 23.1. The first-order valence-electron chi connectivity index (χ1n) is 12.7. The maximum atomic E-state index is 6.18. The van der Waals surface area contributed by atoms with Gasteiger partial charge in [-0.25, -0.2) is 4.98 Å². The van der Waals surface area contributed by atoms with Gasteiger partial charge in [0.2, 0.25) is 5.89 Å². The second kappa shape index (κ2) is 11.1. The molecule has 4 heteroatoms. The van der Waals surface area contributed by atoms with Crippen LogP contribution in [0.5, 0.6) is 5.75 Å². The van der Waals surface area contributed by atoms with Crippen LogP contribution in [0.15, 0.2) is 76.2 Å². The molecule has 0 bridgehead atoms. The number of oxazole rings is 1. The summed E-state index contributed by atoms with van der Waals surface area (Å²) in [6.45, 7) is 19.3. The van der Waals surface area contributed by atoms with Crippen molar-refractivity contribution in [2.45, 2.75) is 61.3 Å². The fourth-order valence-electron chi connectivity index (χ4n) is 3.46. The molecule has 0 unspecified atom stereocenters. The highest BCUT2D eigenvalue weighted by molar-refractivity contribution is 5.84. The lowest BCUT2D eigenvalue weighted by molar-refractivity contribution is 0.416. The smallest absolute Gasteiger partial charge is 0.226 e. The highest BCUT2D eigenvalue weighted by Gasteiger charge is 2.18. The van der Waals surface area contributed by atoms with Gasteiger partial charge in [0, 0.05) is 11.8 Å². The maximum absolute atomic E-state index is 6.18. The molecular formula is C32H40N2O2. The van der Waals surface area contributed by atoms with Crippen molar-refractivity contribution in [2.24, 2.45) is 15.8 Å². The fourth-order valence-corrected chi connectivity index (χ4v) is 3.46. The molecule has 0 spiro atoms. The summed E-state index contributed by atoms with van der Waals surface area (Å²) < 4.78 is 11.8. The summed E-state index contributed by atoms with van der Waals surface area (Å²) in [7, 11) is 1.68. The predicted octanol–water partition coefficient (Wildman–Crippen LogP) is 9.59. The first-order chi connectivity index (χ1) is 17.0. The van der Waals surface area contributed by atoms with Gasteiger partial charge in [-0.2, -0.15) is 0 Å². The van der Waals surface area contributed by atoms with E-state index in [-0.39, 0.29) is 10.8 Å². The van der Waals surface area contributed by atoms with Gasteiger partial charge >= 0.3 is 0 Å². The SMILES string of the molecule is C=C(/C=C\C(=C/C)c1nc2ccc(-c3ccc(N=CC(C)(C)CC)c(OC)c3)cc2o1)C(C)(C)CC. The molecule has 36 heavy (non-hydrogen) atoms. The minimum Gasteiger partial charge on any atom is -0.494 e. The number of benzene rings is 2. The van der Waals surface area contributed by atoms with Crippen LogP contribution in [0.1, 0.15) is 67.2 Å². The zero-order valence-electron chi connectivity index (χ0n) is 23.1. The van der Waals surface area contributed by atoms with E-state index < -0.39 is 0 Å². The number of aromatic nitrogens is 1. The van der Waals surface area contributed by atoms with E-state index in [1.165, 1.54) is 0 Å². The molecule has 0 radical (unpaired) electrons. The average Bonchev–Trinajstić information content (AvgIpc) is 3.30. The molecule has 0 aliphatic rings. The van der Waals surface area contributed by atoms with Gasteiger partial charge in [-0.3, -0.25) is 4.99 Å². The molecule has 1 aromatic heterocycles. The van der Waals surface area contributed by atoms with Gasteiger partial charge in [-0.05, 0) is 77.6 Å². The van der Waals surface area contributed by atoms with Crippen LogP contribution in [0.2, 0.25) is 0 Å². The molecule has 3 rings (SSSR count). The second-order valence-electron chi connectivity index (χ2n) is 10.5. The Morgan fingerprint density at radius 2 is 1.72 bits per heavy atom. The third-order valence-electron chi connectivity index (χ3n) is 7.14. The van der Waals surface area contributed by atoms with Gasteiger partial charge in [0.05, 0.1) is 7.11 Å². The predicted molar refractivity (Wildman–Crippen MR) is 154 cm³/mol. The van der Waals surface area contributed by atoms with Crippen LogP contribution < -0.4 is 4.74 Å². The minimum absolute atomic E-state index is 0.0408. The molecule has 1 heterocycles. The quantitative estimate of drug-likeness (QED) is 0.212. The molecule has 4 nitrogen and oxygen atoms in total. The van der Waals surface area contributed by atoms with Crippen molar-refractivity contribution >= 4 is 28.6 Å². The summed E-state index contributed by atoms with van der Waals surface area (Å²) in [5, 5.41) is 0. The molecule has 190 valence electrons. The van der Waals surface area contributed by atoms with Crippen LogP contribution in [-0.2, 0) is 0 Å². The minimum atomic E-state index is 0.0408. The van der Waals surface area contributed by atoms with Gasteiger partial charge in [0.25, 0.3) is 0 Å². The first kappa shape index (κ1) is 27.2. The van der Waals surface area contributed by atoms with Crippen LogP contribution >= 0.6 is 0 Å². The lowest BCUT2D eigenvalue weighted by Crippen LogP contribution is -2.10. The highest BCUT2D eigenvalue weighted by Crippen LogP contribution is 2.35. The molecule has 0 fully saturated rings. The number of methoxy groups -OCH3 is 1. The summed E-state index contributed by atoms with van der Waals surface area (Å²) in [5.41, 5.74) is 6.57. The molecule has 3 aromatic rings. The van der Waals surface area contributed by atoms with E-state index in [1.54, 1.807) is 7.11 Å². The summed E-state index contributed by atoms with van der Waals surface area (Å²) >= 11 is 0. The summed E-state index contributed by atoms with van der Waals surface area (Å²) in [4.78, 5) is 9.41. The molecule has 0 saturated heterocycles. The van der Waals surface area contributed by atoms with Crippen molar-refractivity contribution in [3.05, 3.63) is 72.7 Å². The van der Waals surface area contributed by atoms with Crippen LogP contribution in [0, 0.1) is 10.8 Å². The van der Waals surface area contributed by atoms with Gasteiger partial charge in [-0.15, -0.1) is 0 Å². The van der Waals surface area contributed by atoms with Gasteiger partial charge in [0.1, 0.15) is 17.0 Å². The Labute approximate surface area is 216 Å². The van der Waals surface area contributed by atoms with E-state index in [0.717, 1.165) is 57.7 Å². The number of fused-ring (bicyclic) bond motifs is 1. The molecule has 0 atom stereocenters. The Kier molecular flexibility index (Phi) is 8.39. The van der Waals surface area contributed by atoms with Crippen molar-refractivity contribution in [2.75, 3.05) is 7.11 Å². The number of aliphatic imine (C=N–C) groups is 1. The Bertz CT molecular complexity index is 1320.